The first-order chi connectivity index (χ1) is 19.3. The number of carbonyl (C=O) groups is 1. The number of rotatable bonds is 9. The second-order valence-corrected chi connectivity index (χ2v) is 18.0. The van der Waals surface area contributed by atoms with Crippen molar-refractivity contribution in [1.29, 1.82) is 0 Å². The van der Waals surface area contributed by atoms with Crippen LogP contribution in [0, 0.1) is 36.7 Å². The number of halogens is 3. The van der Waals surface area contributed by atoms with E-state index in [0.29, 0.717) is 23.4 Å². The van der Waals surface area contributed by atoms with Gasteiger partial charge >= 0.3 is 0 Å². The van der Waals surface area contributed by atoms with Gasteiger partial charge in [0.15, 0.2) is 17.5 Å². The average Bonchev–Trinajstić information content (AvgIpc) is 3.60. The Balaban J connectivity index is 1.31. The minimum Gasteiger partial charge on any atom is -0.493 e. The Morgan fingerprint density at radius 1 is 1.20 bits per heavy atom. The number of fused-ring (bicyclic) bond motifs is 1. The standard InChI is InChI=1S/C29H36F3N5O3Si/c1-16-24(17(2)37(36-16)15-39-8-9-41(3,4)5)27-22(32)10-18(13-34-27)35-28(38)26(33)25-19-11-20(30)21(31)12-23(19)40-14-29(25)6-7-29/h10-13,25-26H,6-9,14-15,33H2,1-5H3,(H,35,38)/t25?,26-/m0/s1. The van der Waals surface area contributed by atoms with E-state index in [2.05, 4.69) is 35.0 Å². The van der Waals surface area contributed by atoms with E-state index in [-0.39, 0.29) is 30.5 Å². The van der Waals surface area contributed by atoms with Gasteiger partial charge in [-0.05, 0) is 38.8 Å². The molecule has 2 aliphatic rings. The Hall–Kier alpha value is -3.22. The lowest BCUT2D eigenvalue weighted by Gasteiger charge is -2.37. The molecule has 1 unspecified atom stereocenters. The number of pyridine rings is 1. The molecule has 1 spiro atoms. The van der Waals surface area contributed by atoms with Gasteiger partial charge in [-0.1, -0.05) is 19.6 Å². The molecular formula is C29H36F3N5O3Si. The van der Waals surface area contributed by atoms with Crippen LogP contribution in [-0.4, -0.2) is 48.0 Å². The molecule has 1 aromatic carbocycles. The lowest BCUT2D eigenvalue weighted by molar-refractivity contribution is -0.118. The fraction of sp³-hybridized carbons (Fsp3) is 0.483. The minimum absolute atomic E-state index is 0.114. The van der Waals surface area contributed by atoms with Crippen LogP contribution in [0.25, 0.3) is 11.3 Å². The van der Waals surface area contributed by atoms with Crippen molar-refractivity contribution in [2.24, 2.45) is 11.1 Å². The zero-order valence-corrected chi connectivity index (χ0v) is 25.0. The van der Waals surface area contributed by atoms with E-state index in [1.807, 2.05) is 6.92 Å². The molecular weight excluding hydrogens is 551 g/mol. The molecule has 1 saturated carbocycles. The van der Waals surface area contributed by atoms with Crippen LogP contribution in [-0.2, 0) is 16.3 Å². The summed E-state index contributed by atoms with van der Waals surface area (Å²) in [6.45, 7) is 11.6. The third-order valence-corrected chi connectivity index (χ3v) is 9.76. The van der Waals surface area contributed by atoms with Crippen molar-refractivity contribution in [2.75, 3.05) is 18.5 Å². The SMILES string of the molecule is Cc1nn(COCC[Si](C)(C)C)c(C)c1-c1ncc(NC(=O)[C@@H](N)C2c3cc(F)c(F)cc3OCC23CC3)cc1F. The molecule has 1 fully saturated rings. The van der Waals surface area contributed by atoms with E-state index >= 15 is 4.39 Å². The maximum atomic E-state index is 15.4. The minimum atomic E-state index is -1.22. The third-order valence-electron chi connectivity index (χ3n) is 8.05. The van der Waals surface area contributed by atoms with Gasteiger partial charge in [-0.15, -0.1) is 0 Å². The van der Waals surface area contributed by atoms with Gasteiger partial charge in [-0.2, -0.15) is 5.10 Å². The van der Waals surface area contributed by atoms with E-state index in [0.717, 1.165) is 36.7 Å². The molecule has 1 aliphatic carbocycles. The van der Waals surface area contributed by atoms with Crippen LogP contribution in [0.2, 0.25) is 25.7 Å². The number of carbonyl (C=O) groups excluding carboxylic acids is 1. The molecule has 12 heteroatoms. The summed E-state index contributed by atoms with van der Waals surface area (Å²) in [4.78, 5) is 17.5. The highest BCUT2D eigenvalue weighted by atomic mass is 28.3. The van der Waals surface area contributed by atoms with Crippen molar-refractivity contribution in [3.63, 3.8) is 0 Å². The van der Waals surface area contributed by atoms with Crippen molar-refractivity contribution in [2.45, 2.75) is 71.1 Å². The van der Waals surface area contributed by atoms with E-state index < -0.39 is 48.8 Å². The topological polar surface area (TPSA) is 104 Å². The lowest BCUT2D eigenvalue weighted by atomic mass is 9.76. The summed E-state index contributed by atoms with van der Waals surface area (Å²) >= 11 is 0. The van der Waals surface area contributed by atoms with Crippen molar-refractivity contribution < 1.29 is 27.4 Å². The number of hydrogen-bond donors (Lipinski definition) is 2. The van der Waals surface area contributed by atoms with E-state index in [1.54, 1.807) is 11.6 Å². The smallest absolute Gasteiger partial charge is 0.241 e. The summed E-state index contributed by atoms with van der Waals surface area (Å²) in [6, 6.07) is 3.16. The number of nitrogens with zero attached hydrogens (tertiary/aromatic N) is 3. The van der Waals surface area contributed by atoms with Crippen molar-refractivity contribution in [3.8, 4) is 17.0 Å². The Morgan fingerprint density at radius 3 is 2.56 bits per heavy atom. The highest BCUT2D eigenvalue weighted by molar-refractivity contribution is 6.76. The number of ether oxygens (including phenoxy) is 2. The molecule has 1 amide bonds. The van der Waals surface area contributed by atoms with Crippen molar-refractivity contribution in [1.82, 2.24) is 14.8 Å². The molecule has 1 aliphatic heterocycles. The molecule has 3 N–H and O–H groups in total. The highest BCUT2D eigenvalue weighted by Crippen LogP contribution is 2.61. The number of hydrogen-bond acceptors (Lipinski definition) is 6. The maximum Gasteiger partial charge on any atom is 0.241 e. The number of nitrogens with two attached hydrogens (primary N) is 1. The summed E-state index contributed by atoms with van der Waals surface area (Å²) in [5.41, 5.74) is 8.50. The number of nitrogens with one attached hydrogen (secondary N) is 1. The van der Waals surface area contributed by atoms with Gasteiger partial charge in [0.1, 0.15) is 18.2 Å². The molecule has 3 aromatic rings. The van der Waals surface area contributed by atoms with Crippen LogP contribution >= 0.6 is 0 Å². The predicted octanol–water partition coefficient (Wildman–Crippen LogP) is 5.51. The summed E-state index contributed by atoms with van der Waals surface area (Å²) in [5.74, 6) is -3.67. The molecule has 2 aromatic heterocycles. The molecule has 220 valence electrons. The zero-order chi connectivity index (χ0) is 29.7. The largest absolute Gasteiger partial charge is 0.493 e. The number of amides is 1. The normalized spacial score (nSPS) is 18.1. The summed E-state index contributed by atoms with van der Waals surface area (Å²) in [7, 11) is -1.22. The lowest BCUT2D eigenvalue weighted by Crippen LogP contribution is -2.47. The molecule has 0 bridgehead atoms. The third kappa shape index (κ3) is 5.91. The van der Waals surface area contributed by atoms with Gasteiger partial charge in [0.25, 0.3) is 0 Å². The summed E-state index contributed by atoms with van der Waals surface area (Å²) in [6.07, 6.45) is 2.86. The maximum absolute atomic E-state index is 15.4. The van der Waals surface area contributed by atoms with Crippen LogP contribution in [0.15, 0.2) is 24.4 Å². The molecule has 8 nitrogen and oxygen atoms in total. The van der Waals surface area contributed by atoms with Gasteiger partial charge in [0.2, 0.25) is 5.91 Å². The van der Waals surface area contributed by atoms with Gasteiger partial charge < -0.3 is 20.5 Å². The summed E-state index contributed by atoms with van der Waals surface area (Å²) in [5, 5.41) is 7.16. The number of aromatic nitrogens is 3. The second-order valence-electron chi connectivity index (χ2n) is 12.4. The predicted molar refractivity (Wildman–Crippen MR) is 152 cm³/mol. The van der Waals surface area contributed by atoms with Crippen LogP contribution < -0.4 is 15.8 Å². The highest BCUT2D eigenvalue weighted by Gasteiger charge is 2.57. The van der Waals surface area contributed by atoms with Crippen LogP contribution in [0.5, 0.6) is 5.75 Å². The number of anilines is 1. The Labute approximate surface area is 238 Å². The van der Waals surface area contributed by atoms with Gasteiger partial charge in [0.05, 0.1) is 30.2 Å². The fourth-order valence-electron chi connectivity index (χ4n) is 5.51. The first-order valence-corrected chi connectivity index (χ1v) is 17.5. The van der Waals surface area contributed by atoms with E-state index in [9.17, 15) is 13.6 Å². The number of aryl methyl sites for hydroxylation is 1. The molecule has 2 atom stereocenters. The fourth-order valence-corrected chi connectivity index (χ4v) is 6.26. The molecule has 3 heterocycles. The van der Waals surface area contributed by atoms with Gasteiger partial charge in [0, 0.05) is 55.0 Å². The molecule has 5 rings (SSSR count). The summed E-state index contributed by atoms with van der Waals surface area (Å²) < 4.78 is 56.5. The molecule has 41 heavy (non-hydrogen) atoms. The zero-order valence-electron chi connectivity index (χ0n) is 24.0. The van der Waals surface area contributed by atoms with Crippen LogP contribution in [0.4, 0.5) is 18.9 Å². The Kier molecular flexibility index (Phi) is 7.77. The quantitative estimate of drug-likeness (QED) is 0.253. The first-order valence-electron chi connectivity index (χ1n) is 13.8. The van der Waals surface area contributed by atoms with Gasteiger partial charge in [-0.25, -0.2) is 17.9 Å². The van der Waals surface area contributed by atoms with Crippen molar-refractivity contribution in [3.05, 3.63) is 58.8 Å². The monoisotopic (exact) mass is 587 g/mol. The van der Waals surface area contributed by atoms with Crippen LogP contribution in [0.1, 0.15) is 35.7 Å². The average molecular weight is 588 g/mol. The first kappa shape index (κ1) is 29.3. The Morgan fingerprint density at radius 2 is 1.90 bits per heavy atom. The van der Waals surface area contributed by atoms with E-state index in [1.165, 1.54) is 12.3 Å². The number of benzene rings is 1. The van der Waals surface area contributed by atoms with Gasteiger partial charge in [-0.3, -0.25) is 9.78 Å². The molecule has 0 radical (unpaired) electrons. The second kappa shape index (κ2) is 10.9. The van der Waals surface area contributed by atoms with Crippen LogP contribution in [0.3, 0.4) is 0 Å². The van der Waals surface area contributed by atoms with Crippen molar-refractivity contribution >= 4 is 19.7 Å². The Bertz CT molecular complexity index is 1490. The van der Waals surface area contributed by atoms with E-state index in [4.69, 9.17) is 15.2 Å². The molecule has 0 saturated heterocycles.